The third-order valence-electron chi connectivity index (χ3n) is 9.59. The van der Waals surface area contributed by atoms with Crippen LogP contribution in [0.2, 0.25) is 0 Å². The van der Waals surface area contributed by atoms with Crippen molar-refractivity contribution in [3.8, 4) is 0 Å². The van der Waals surface area contributed by atoms with Crippen LogP contribution in [0.1, 0.15) is 194 Å². The average Bonchev–Trinajstić information content (AvgIpc) is 3.20. The van der Waals surface area contributed by atoms with Crippen LogP contribution in [-0.2, 0) is 32.7 Å². The van der Waals surface area contributed by atoms with Gasteiger partial charge in [-0.3, -0.25) is 18.6 Å². The Morgan fingerprint density at radius 1 is 0.544 bits per heavy atom. The van der Waals surface area contributed by atoms with Crippen molar-refractivity contribution >= 4 is 19.8 Å². The topological polar surface area (TPSA) is 149 Å². The molecule has 0 aromatic carbocycles. The van der Waals surface area contributed by atoms with Gasteiger partial charge in [-0.2, -0.15) is 0 Å². The first kappa shape index (κ1) is 54.9. The molecule has 0 saturated carbocycles. The summed E-state index contributed by atoms with van der Waals surface area (Å²) in [5, 5.41) is 18.3. The van der Waals surface area contributed by atoms with Gasteiger partial charge in [-0.05, 0) is 32.1 Å². The van der Waals surface area contributed by atoms with Crippen molar-refractivity contribution in [2.45, 2.75) is 206 Å². The molecular weight excluding hydrogens is 743 g/mol. The van der Waals surface area contributed by atoms with E-state index in [0.29, 0.717) is 12.8 Å². The largest absolute Gasteiger partial charge is 0.472 e. The van der Waals surface area contributed by atoms with Crippen LogP contribution in [0.4, 0.5) is 0 Å². The number of rotatable bonds is 42. The van der Waals surface area contributed by atoms with Gasteiger partial charge < -0.3 is 24.6 Å². The van der Waals surface area contributed by atoms with Crippen molar-refractivity contribution in [2.24, 2.45) is 0 Å². The smallest absolute Gasteiger partial charge is 0.462 e. The lowest BCUT2D eigenvalue weighted by atomic mass is 10.0. The summed E-state index contributed by atoms with van der Waals surface area (Å²) in [6.45, 7) is 2.21. The molecule has 0 amide bonds. The highest BCUT2D eigenvalue weighted by Crippen LogP contribution is 2.43. The standard InChI is InChI=1S/C46H83O10P/c1-3-5-7-9-11-13-15-17-18-19-20-21-22-23-24-26-27-29-31-33-35-37-45(49)53-41-44(42-55-57(51,52)54-40-43(48)39-47)56-46(50)38-36-34-32-30-28-25-16-14-12-10-8-6-4-2/h6,8,10,12,14,16,25,28,43-44,47-48H,3-5,7,9,11,13,15,17-24,26-27,29-42H2,1-2H3,(H,51,52)/b8-6+,12-10+,16-14+,28-25+/t43-,44?/m1/s1. The maximum absolute atomic E-state index is 12.6. The van der Waals surface area contributed by atoms with E-state index in [4.69, 9.17) is 19.1 Å². The molecule has 0 heterocycles. The Bertz CT molecular complexity index is 1090. The van der Waals surface area contributed by atoms with Crippen molar-refractivity contribution in [2.75, 3.05) is 26.4 Å². The number of unbranched alkanes of at least 4 members (excludes halogenated alkanes) is 23. The van der Waals surface area contributed by atoms with Gasteiger partial charge in [0.25, 0.3) is 0 Å². The molecule has 0 bridgehead atoms. The Kier molecular flexibility index (Phi) is 40.5. The predicted octanol–water partition coefficient (Wildman–Crippen LogP) is 12.1. The molecule has 0 aliphatic rings. The maximum Gasteiger partial charge on any atom is 0.472 e. The Hall–Kier alpha value is -2.07. The lowest BCUT2D eigenvalue weighted by Crippen LogP contribution is -2.29. The summed E-state index contributed by atoms with van der Waals surface area (Å²) >= 11 is 0. The van der Waals surface area contributed by atoms with E-state index in [0.717, 1.165) is 44.9 Å². The van der Waals surface area contributed by atoms with E-state index in [9.17, 15) is 24.2 Å². The molecule has 0 spiro atoms. The Balaban J connectivity index is 4.21. The molecule has 0 aromatic heterocycles. The van der Waals surface area contributed by atoms with Crippen molar-refractivity contribution < 1.29 is 47.8 Å². The molecular formula is C46H83O10P. The number of carbonyl (C=O) groups excluding carboxylic acids is 2. The molecule has 0 aromatic rings. The van der Waals surface area contributed by atoms with Crippen molar-refractivity contribution in [1.29, 1.82) is 0 Å². The first-order valence-electron chi connectivity index (χ1n) is 22.6. The summed E-state index contributed by atoms with van der Waals surface area (Å²) in [6, 6.07) is 0. The van der Waals surface area contributed by atoms with Gasteiger partial charge >= 0.3 is 19.8 Å². The van der Waals surface area contributed by atoms with Gasteiger partial charge in [-0.15, -0.1) is 0 Å². The van der Waals surface area contributed by atoms with Crippen LogP contribution < -0.4 is 0 Å². The summed E-state index contributed by atoms with van der Waals surface area (Å²) < 4.78 is 32.7. The van der Waals surface area contributed by atoms with E-state index in [1.165, 1.54) is 109 Å². The van der Waals surface area contributed by atoms with Crippen LogP contribution >= 0.6 is 7.82 Å². The van der Waals surface area contributed by atoms with E-state index in [1.54, 1.807) is 0 Å². The molecule has 3 N–H and O–H groups in total. The second-order valence-electron chi connectivity index (χ2n) is 15.1. The van der Waals surface area contributed by atoms with Crippen LogP contribution in [0.15, 0.2) is 48.6 Å². The first-order valence-corrected chi connectivity index (χ1v) is 24.1. The van der Waals surface area contributed by atoms with E-state index >= 15 is 0 Å². The number of allylic oxidation sites excluding steroid dienone is 8. The van der Waals surface area contributed by atoms with Gasteiger partial charge in [0.1, 0.15) is 12.7 Å². The number of esters is 2. The molecule has 3 atom stereocenters. The SMILES string of the molecule is CC/C=C/C=C/C=C/C=C/CCCCCC(=O)OC(COC(=O)CCCCCCCCCCCCCCCCCCCCCCC)COP(=O)(O)OC[C@H](O)CO. The molecule has 0 fully saturated rings. The van der Waals surface area contributed by atoms with Crippen molar-refractivity contribution in [3.05, 3.63) is 48.6 Å². The second-order valence-corrected chi connectivity index (χ2v) is 16.6. The molecule has 2 unspecified atom stereocenters. The third-order valence-corrected chi connectivity index (χ3v) is 10.5. The van der Waals surface area contributed by atoms with Crippen LogP contribution in [-0.4, -0.2) is 65.7 Å². The number of phosphoric ester groups is 1. The number of aliphatic hydroxyl groups is 2. The van der Waals surface area contributed by atoms with Crippen LogP contribution in [0.25, 0.3) is 0 Å². The lowest BCUT2D eigenvalue weighted by molar-refractivity contribution is -0.161. The van der Waals surface area contributed by atoms with Gasteiger partial charge in [-0.25, -0.2) is 4.57 Å². The zero-order chi connectivity index (χ0) is 41.9. The number of phosphoric acid groups is 1. The monoisotopic (exact) mass is 827 g/mol. The quantitative estimate of drug-likeness (QED) is 0.0235. The fourth-order valence-corrected chi connectivity index (χ4v) is 6.91. The predicted molar refractivity (Wildman–Crippen MR) is 233 cm³/mol. The Labute approximate surface area is 347 Å². The Morgan fingerprint density at radius 2 is 0.965 bits per heavy atom. The fraction of sp³-hybridized carbons (Fsp3) is 0.783. The minimum atomic E-state index is -4.63. The highest BCUT2D eigenvalue weighted by atomic mass is 31.2. The second kappa shape index (κ2) is 42.1. The lowest BCUT2D eigenvalue weighted by Gasteiger charge is -2.20. The molecule has 0 rings (SSSR count). The van der Waals surface area contributed by atoms with Crippen molar-refractivity contribution in [3.63, 3.8) is 0 Å². The molecule has 0 aliphatic heterocycles. The number of aliphatic hydroxyl groups excluding tert-OH is 2. The zero-order valence-corrected chi connectivity index (χ0v) is 36.9. The van der Waals surface area contributed by atoms with Crippen LogP contribution in [0.3, 0.4) is 0 Å². The normalized spacial score (nSPS) is 14.3. The van der Waals surface area contributed by atoms with Crippen LogP contribution in [0.5, 0.6) is 0 Å². The van der Waals surface area contributed by atoms with Gasteiger partial charge in [0, 0.05) is 12.8 Å². The summed E-state index contributed by atoms with van der Waals surface area (Å²) in [6.07, 6.45) is 45.2. The molecule has 11 heteroatoms. The summed E-state index contributed by atoms with van der Waals surface area (Å²) in [7, 11) is -4.63. The van der Waals surface area contributed by atoms with E-state index in [1.807, 2.05) is 36.5 Å². The van der Waals surface area contributed by atoms with E-state index < -0.39 is 51.8 Å². The molecule has 0 radical (unpaired) electrons. The van der Waals surface area contributed by atoms with Gasteiger partial charge in [0.2, 0.25) is 0 Å². The molecule has 10 nitrogen and oxygen atoms in total. The highest BCUT2D eigenvalue weighted by Gasteiger charge is 2.27. The summed E-state index contributed by atoms with van der Waals surface area (Å²) in [5.74, 6) is -0.966. The molecule has 0 saturated heterocycles. The minimum Gasteiger partial charge on any atom is -0.462 e. The maximum atomic E-state index is 12.6. The van der Waals surface area contributed by atoms with E-state index in [-0.39, 0.29) is 19.4 Å². The average molecular weight is 827 g/mol. The van der Waals surface area contributed by atoms with Gasteiger partial charge in [-0.1, -0.05) is 197 Å². The minimum absolute atomic E-state index is 0.138. The first-order chi connectivity index (χ1) is 27.7. The fourth-order valence-electron chi connectivity index (χ4n) is 6.12. The zero-order valence-electron chi connectivity index (χ0n) is 36.0. The van der Waals surface area contributed by atoms with E-state index in [2.05, 4.69) is 30.5 Å². The van der Waals surface area contributed by atoms with Crippen LogP contribution in [0, 0.1) is 0 Å². The van der Waals surface area contributed by atoms with Crippen molar-refractivity contribution in [1.82, 2.24) is 0 Å². The number of carbonyl (C=O) groups is 2. The summed E-state index contributed by atoms with van der Waals surface area (Å²) in [5.41, 5.74) is 0. The third kappa shape index (κ3) is 41.9. The highest BCUT2D eigenvalue weighted by molar-refractivity contribution is 7.47. The molecule has 332 valence electrons. The number of ether oxygens (including phenoxy) is 2. The number of hydrogen-bond donors (Lipinski definition) is 3. The number of hydrogen-bond acceptors (Lipinski definition) is 9. The van der Waals surface area contributed by atoms with Gasteiger partial charge in [0.15, 0.2) is 6.10 Å². The summed E-state index contributed by atoms with van der Waals surface area (Å²) in [4.78, 5) is 35.0. The molecule has 0 aliphatic carbocycles. The Morgan fingerprint density at radius 3 is 1.46 bits per heavy atom. The van der Waals surface area contributed by atoms with Gasteiger partial charge in [0.05, 0.1) is 19.8 Å². The molecule has 57 heavy (non-hydrogen) atoms.